The summed E-state index contributed by atoms with van der Waals surface area (Å²) < 4.78 is 5.93. The summed E-state index contributed by atoms with van der Waals surface area (Å²) in [6.07, 6.45) is 14.4. The van der Waals surface area contributed by atoms with Crippen LogP contribution in [0.1, 0.15) is 19.3 Å². The molecule has 6 rings (SSSR count). The molecule has 0 spiro atoms. The van der Waals surface area contributed by atoms with Gasteiger partial charge in [0.25, 0.3) is 0 Å². The first-order valence-electron chi connectivity index (χ1n) is 13.7. The highest BCUT2D eigenvalue weighted by atomic mass is 16.5. The topological polar surface area (TPSA) is 118 Å². The van der Waals surface area contributed by atoms with Crippen LogP contribution >= 0.6 is 0 Å². The van der Waals surface area contributed by atoms with E-state index >= 15 is 0 Å². The average Bonchev–Trinajstić information content (AvgIpc) is 3.75. The Morgan fingerprint density at radius 2 is 1.87 bits per heavy atom. The molecule has 0 amide bonds. The summed E-state index contributed by atoms with van der Waals surface area (Å²) in [4.78, 5) is 28.0. The van der Waals surface area contributed by atoms with Gasteiger partial charge in [-0.25, -0.2) is 4.98 Å². The molecule has 2 aromatic heterocycles. The van der Waals surface area contributed by atoms with E-state index < -0.39 is 0 Å². The average molecular weight is 528 g/mol. The molecular formula is C30H37N7O2. The number of likely N-dealkylation sites (tertiary alicyclic amines) is 1. The van der Waals surface area contributed by atoms with Crippen LogP contribution in [-0.4, -0.2) is 65.5 Å². The van der Waals surface area contributed by atoms with Crippen LogP contribution in [0, 0.1) is 17.8 Å². The van der Waals surface area contributed by atoms with E-state index in [0.29, 0.717) is 30.2 Å². The number of nitrogens with zero attached hydrogens (tertiary/aromatic N) is 4. The first kappa shape index (κ1) is 26.8. The highest BCUT2D eigenvalue weighted by Crippen LogP contribution is 2.44. The summed E-state index contributed by atoms with van der Waals surface area (Å²) in [6.45, 7) is 4.02. The van der Waals surface area contributed by atoms with Crippen molar-refractivity contribution in [2.24, 2.45) is 23.5 Å². The zero-order valence-electron chi connectivity index (χ0n) is 22.4. The molecule has 1 aliphatic heterocycles. The molecule has 204 valence electrons. The van der Waals surface area contributed by atoms with E-state index in [1.165, 1.54) is 33.0 Å². The van der Waals surface area contributed by atoms with Crippen molar-refractivity contribution in [3.05, 3.63) is 67.1 Å². The second-order valence-corrected chi connectivity index (χ2v) is 10.1. The van der Waals surface area contributed by atoms with E-state index in [-0.39, 0.29) is 12.0 Å². The van der Waals surface area contributed by atoms with Gasteiger partial charge in [-0.1, -0.05) is 18.2 Å². The zero-order chi connectivity index (χ0) is 27.0. The first-order chi connectivity index (χ1) is 19.3. The van der Waals surface area contributed by atoms with Crippen molar-refractivity contribution in [3.8, 4) is 16.9 Å². The van der Waals surface area contributed by atoms with E-state index in [1.807, 2.05) is 42.6 Å². The Kier molecular flexibility index (Phi) is 8.80. The number of rotatable bonds is 10. The number of carbonyl (C=O) groups is 1. The minimum Gasteiger partial charge on any atom is -0.492 e. The van der Waals surface area contributed by atoms with Crippen molar-refractivity contribution >= 4 is 23.7 Å². The van der Waals surface area contributed by atoms with Crippen molar-refractivity contribution in [2.75, 3.05) is 43.9 Å². The maximum Gasteiger partial charge on any atom is 0.229 e. The third-order valence-electron chi connectivity index (χ3n) is 7.73. The normalized spacial score (nSPS) is 23.2. The van der Waals surface area contributed by atoms with Crippen LogP contribution in [0.2, 0.25) is 0 Å². The molecule has 4 unspecified atom stereocenters. The number of aldehydes is 1. The summed E-state index contributed by atoms with van der Waals surface area (Å²) in [7, 11) is 1.50. The number of ether oxygens (including phenoxy) is 1. The summed E-state index contributed by atoms with van der Waals surface area (Å²) in [6, 6.07) is 11.8. The zero-order valence-corrected chi connectivity index (χ0v) is 22.4. The molecule has 1 saturated heterocycles. The van der Waals surface area contributed by atoms with Gasteiger partial charge in [-0.05, 0) is 81.6 Å². The van der Waals surface area contributed by atoms with Gasteiger partial charge in [0.05, 0.1) is 0 Å². The smallest absolute Gasteiger partial charge is 0.229 e. The fraction of sp³-hybridized carbons (Fsp3) is 0.400. The molecule has 1 aromatic carbocycles. The van der Waals surface area contributed by atoms with Crippen LogP contribution in [-0.2, 0) is 4.79 Å². The molecule has 2 bridgehead atoms. The second-order valence-electron chi connectivity index (χ2n) is 10.1. The molecule has 9 heteroatoms. The molecule has 0 radical (unpaired) electrons. The third kappa shape index (κ3) is 6.26. The Balaban J connectivity index is 0.00000151. The molecule has 4 atom stereocenters. The number of carbonyl (C=O) groups excluding carboxylic acids is 1. The Bertz CT molecular complexity index is 1250. The van der Waals surface area contributed by atoms with Crippen LogP contribution < -0.4 is 21.1 Å². The molecule has 1 saturated carbocycles. The fourth-order valence-corrected chi connectivity index (χ4v) is 5.75. The maximum atomic E-state index is 11.9. The summed E-state index contributed by atoms with van der Waals surface area (Å²) in [5.74, 6) is 2.61. The van der Waals surface area contributed by atoms with Crippen LogP contribution in [0.5, 0.6) is 5.75 Å². The SMILES string of the molecule is CN.O=CC1C2C=CC(C2)C1Nc1nc(Nc2ccc(OCCN3CCCC3)cc2)ncc1-c1cccnc1. The standard InChI is InChI=1S/C29H32N6O2.CH5N/c36-19-26-20-5-6-21(16-20)27(26)33-28-25(22-4-3-11-30-17-22)18-31-29(34-28)32-23-7-9-24(10-8-23)37-15-14-35-12-1-2-13-35;1-2/h3-11,17-21,26-27H,1-2,12-16H2,(H2,31,32,33,34);2H2,1H3. The largest absolute Gasteiger partial charge is 0.492 e. The van der Waals surface area contributed by atoms with Crippen LogP contribution in [0.25, 0.3) is 11.1 Å². The number of benzene rings is 1. The molecule has 2 aliphatic carbocycles. The van der Waals surface area contributed by atoms with Crippen molar-refractivity contribution < 1.29 is 9.53 Å². The van der Waals surface area contributed by atoms with E-state index in [4.69, 9.17) is 9.72 Å². The highest BCUT2D eigenvalue weighted by molar-refractivity contribution is 5.76. The fourth-order valence-electron chi connectivity index (χ4n) is 5.75. The van der Waals surface area contributed by atoms with Gasteiger partial charge >= 0.3 is 0 Å². The lowest BCUT2D eigenvalue weighted by atomic mass is 9.90. The van der Waals surface area contributed by atoms with Gasteiger partial charge in [-0.2, -0.15) is 4.98 Å². The van der Waals surface area contributed by atoms with Gasteiger partial charge in [0.2, 0.25) is 5.95 Å². The summed E-state index contributed by atoms with van der Waals surface area (Å²) >= 11 is 0. The molecule has 3 heterocycles. The number of anilines is 3. The van der Waals surface area contributed by atoms with Gasteiger partial charge in [0, 0.05) is 53.9 Å². The predicted octanol–water partition coefficient (Wildman–Crippen LogP) is 4.13. The summed E-state index contributed by atoms with van der Waals surface area (Å²) in [5, 5.41) is 6.91. The van der Waals surface area contributed by atoms with E-state index in [2.05, 4.69) is 43.4 Å². The summed E-state index contributed by atoms with van der Waals surface area (Å²) in [5.41, 5.74) is 7.16. The minimum absolute atomic E-state index is 0.0164. The lowest BCUT2D eigenvalue weighted by Gasteiger charge is -2.26. The molecule has 4 N–H and O–H groups in total. The quantitative estimate of drug-likeness (QED) is 0.264. The molecule has 2 fully saturated rings. The Morgan fingerprint density at radius 1 is 1.08 bits per heavy atom. The third-order valence-corrected chi connectivity index (χ3v) is 7.73. The molecular weight excluding hydrogens is 490 g/mol. The second kappa shape index (κ2) is 12.8. The van der Waals surface area contributed by atoms with Crippen LogP contribution in [0.4, 0.5) is 17.5 Å². The van der Waals surface area contributed by atoms with Crippen molar-refractivity contribution in [3.63, 3.8) is 0 Å². The Labute approximate surface area is 229 Å². The highest BCUT2D eigenvalue weighted by Gasteiger charge is 2.44. The molecule has 3 aliphatic rings. The van der Waals surface area contributed by atoms with Gasteiger partial charge < -0.3 is 25.9 Å². The predicted molar refractivity (Wildman–Crippen MR) is 154 cm³/mol. The number of pyridine rings is 1. The van der Waals surface area contributed by atoms with Crippen molar-refractivity contribution in [1.29, 1.82) is 0 Å². The first-order valence-corrected chi connectivity index (χ1v) is 13.7. The maximum absolute atomic E-state index is 11.9. The number of nitrogens with one attached hydrogen (secondary N) is 2. The lowest BCUT2D eigenvalue weighted by Crippen LogP contribution is -2.34. The number of fused-ring (bicyclic) bond motifs is 2. The van der Waals surface area contributed by atoms with Gasteiger partial charge in [-0.3, -0.25) is 9.88 Å². The van der Waals surface area contributed by atoms with Crippen molar-refractivity contribution in [2.45, 2.75) is 25.3 Å². The van der Waals surface area contributed by atoms with Gasteiger partial charge in [0.15, 0.2) is 0 Å². The van der Waals surface area contributed by atoms with E-state index in [9.17, 15) is 4.79 Å². The molecule has 39 heavy (non-hydrogen) atoms. The number of allylic oxidation sites excluding steroid dienone is 1. The Hall–Kier alpha value is -3.82. The molecule has 9 nitrogen and oxygen atoms in total. The van der Waals surface area contributed by atoms with Crippen molar-refractivity contribution in [1.82, 2.24) is 19.9 Å². The number of hydrogen-bond acceptors (Lipinski definition) is 9. The van der Waals surface area contributed by atoms with Crippen LogP contribution in [0.15, 0.2) is 67.1 Å². The number of nitrogens with two attached hydrogens (primary N) is 1. The van der Waals surface area contributed by atoms with Crippen LogP contribution in [0.3, 0.4) is 0 Å². The number of hydrogen-bond donors (Lipinski definition) is 3. The van der Waals surface area contributed by atoms with Gasteiger partial charge in [-0.15, -0.1) is 0 Å². The Morgan fingerprint density at radius 3 is 2.62 bits per heavy atom. The minimum atomic E-state index is -0.0545. The van der Waals surface area contributed by atoms with Gasteiger partial charge in [0.1, 0.15) is 24.5 Å². The molecule has 3 aromatic rings. The number of aromatic nitrogens is 3. The van der Waals surface area contributed by atoms with E-state index in [0.717, 1.165) is 41.8 Å². The lowest BCUT2D eigenvalue weighted by molar-refractivity contribution is -0.111. The monoisotopic (exact) mass is 527 g/mol. The van der Waals surface area contributed by atoms with E-state index in [1.54, 1.807) is 12.4 Å².